The summed E-state index contributed by atoms with van der Waals surface area (Å²) in [5.41, 5.74) is 7.10. The SMILES string of the molecule is Cc1ccc(-n2nc(-c3ccc(Cl)cc3)c3c(-c4ccc(Br)cc4)ccnc32)cc1. The zero-order chi connectivity index (χ0) is 20.7. The Kier molecular flexibility index (Phi) is 4.89. The van der Waals surface area contributed by atoms with Gasteiger partial charge in [0, 0.05) is 21.3 Å². The Morgan fingerprint density at radius 3 is 2.17 bits per heavy atom. The molecule has 2 heterocycles. The average molecular weight is 475 g/mol. The number of rotatable bonds is 3. The molecule has 0 fully saturated rings. The minimum absolute atomic E-state index is 0.701. The molecule has 0 saturated carbocycles. The topological polar surface area (TPSA) is 30.7 Å². The molecule has 0 radical (unpaired) electrons. The highest BCUT2D eigenvalue weighted by atomic mass is 79.9. The van der Waals surface area contributed by atoms with Crippen LogP contribution in [0.1, 0.15) is 5.56 Å². The van der Waals surface area contributed by atoms with Crippen molar-refractivity contribution >= 4 is 38.6 Å². The maximum atomic E-state index is 6.13. The van der Waals surface area contributed by atoms with E-state index in [1.807, 2.05) is 53.3 Å². The van der Waals surface area contributed by atoms with Crippen LogP contribution in [0, 0.1) is 6.92 Å². The molecule has 3 nitrogen and oxygen atoms in total. The number of benzene rings is 3. The Bertz CT molecular complexity index is 1340. The van der Waals surface area contributed by atoms with Crippen molar-refractivity contribution in [3.8, 4) is 28.1 Å². The van der Waals surface area contributed by atoms with Gasteiger partial charge in [-0.25, -0.2) is 9.67 Å². The molecule has 30 heavy (non-hydrogen) atoms. The molecule has 2 aromatic heterocycles. The van der Waals surface area contributed by atoms with E-state index in [0.717, 1.165) is 43.6 Å². The second-order valence-electron chi connectivity index (χ2n) is 7.17. The summed E-state index contributed by atoms with van der Waals surface area (Å²) in [5.74, 6) is 0. The van der Waals surface area contributed by atoms with Gasteiger partial charge in [0.15, 0.2) is 5.65 Å². The number of aryl methyl sites for hydroxylation is 1. The minimum Gasteiger partial charge on any atom is -0.236 e. The van der Waals surface area contributed by atoms with Gasteiger partial charge < -0.3 is 0 Å². The van der Waals surface area contributed by atoms with Crippen molar-refractivity contribution in [2.45, 2.75) is 6.92 Å². The van der Waals surface area contributed by atoms with E-state index in [1.54, 1.807) is 0 Å². The van der Waals surface area contributed by atoms with Crippen molar-refractivity contribution in [3.63, 3.8) is 0 Å². The molecule has 5 heteroatoms. The zero-order valence-electron chi connectivity index (χ0n) is 16.2. The lowest BCUT2D eigenvalue weighted by molar-refractivity contribution is 0.900. The minimum atomic E-state index is 0.701. The summed E-state index contributed by atoms with van der Waals surface area (Å²) >= 11 is 9.66. The van der Waals surface area contributed by atoms with Crippen LogP contribution in [0.25, 0.3) is 39.1 Å². The third kappa shape index (κ3) is 3.42. The van der Waals surface area contributed by atoms with E-state index in [1.165, 1.54) is 5.56 Å². The standard InChI is InChI=1S/C25H17BrClN3/c1-16-2-12-21(13-3-16)30-25-23(24(29-30)18-6-10-20(27)11-7-18)22(14-15-28-25)17-4-8-19(26)9-5-17/h2-15H,1H3. The number of nitrogens with zero attached hydrogens (tertiary/aromatic N) is 3. The third-order valence-corrected chi connectivity index (χ3v) is 5.90. The van der Waals surface area contributed by atoms with Crippen molar-refractivity contribution < 1.29 is 0 Å². The molecule has 0 spiro atoms. The molecule has 0 N–H and O–H groups in total. The van der Waals surface area contributed by atoms with Crippen LogP contribution >= 0.6 is 27.5 Å². The maximum absolute atomic E-state index is 6.13. The lowest BCUT2D eigenvalue weighted by atomic mass is 10.00. The predicted octanol–water partition coefficient (Wildman–Crippen LogP) is 7.48. The molecule has 0 amide bonds. The molecule has 0 bridgehead atoms. The van der Waals surface area contributed by atoms with Crippen LogP contribution in [0.3, 0.4) is 0 Å². The molecule has 0 aliphatic rings. The summed E-state index contributed by atoms with van der Waals surface area (Å²) in [6.07, 6.45) is 1.84. The van der Waals surface area contributed by atoms with E-state index in [4.69, 9.17) is 21.7 Å². The van der Waals surface area contributed by atoms with Crippen molar-refractivity contribution in [2.75, 3.05) is 0 Å². The van der Waals surface area contributed by atoms with Gasteiger partial charge in [-0.3, -0.25) is 0 Å². The van der Waals surface area contributed by atoms with Crippen molar-refractivity contribution in [2.24, 2.45) is 0 Å². The van der Waals surface area contributed by atoms with Gasteiger partial charge in [0.05, 0.1) is 11.1 Å². The zero-order valence-corrected chi connectivity index (χ0v) is 18.5. The van der Waals surface area contributed by atoms with Gasteiger partial charge in [-0.1, -0.05) is 69.5 Å². The third-order valence-electron chi connectivity index (χ3n) is 5.12. The fourth-order valence-corrected chi connectivity index (χ4v) is 3.98. The van der Waals surface area contributed by atoms with E-state index in [2.05, 4.69) is 59.3 Å². The predicted molar refractivity (Wildman–Crippen MR) is 127 cm³/mol. The second kappa shape index (κ2) is 7.71. The van der Waals surface area contributed by atoms with E-state index < -0.39 is 0 Å². The fourth-order valence-electron chi connectivity index (χ4n) is 3.59. The first kappa shape index (κ1) is 19.0. The van der Waals surface area contributed by atoms with Crippen molar-refractivity contribution in [3.05, 3.63) is 100 Å². The lowest BCUT2D eigenvalue weighted by Crippen LogP contribution is -1.97. The summed E-state index contributed by atoms with van der Waals surface area (Å²) < 4.78 is 2.96. The van der Waals surface area contributed by atoms with Gasteiger partial charge in [-0.05, 0) is 60.5 Å². The number of pyridine rings is 1. The van der Waals surface area contributed by atoms with Gasteiger partial charge in [0.1, 0.15) is 5.69 Å². The normalized spacial score (nSPS) is 11.2. The van der Waals surface area contributed by atoms with Crippen LogP contribution in [0.4, 0.5) is 0 Å². The molecular formula is C25H17BrClN3. The number of hydrogen-bond acceptors (Lipinski definition) is 2. The summed E-state index contributed by atoms with van der Waals surface area (Å²) in [6, 6.07) is 26.5. The van der Waals surface area contributed by atoms with Crippen LogP contribution < -0.4 is 0 Å². The van der Waals surface area contributed by atoms with Crippen LogP contribution in [0.15, 0.2) is 89.5 Å². The lowest BCUT2D eigenvalue weighted by Gasteiger charge is -2.06. The van der Waals surface area contributed by atoms with Crippen molar-refractivity contribution in [1.82, 2.24) is 14.8 Å². The smallest absolute Gasteiger partial charge is 0.164 e. The van der Waals surface area contributed by atoms with E-state index >= 15 is 0 Å². The van der Waals surface area contributed by atoms with Crippen LogP contribution in [0.5, 0.6) is 0 Å². The first-order chi connectivity index (χ1) is 14.6. The Morgan fingerprint density at radius 1 is 0.800 bits per heavy atom. The summed E-state index contributed by atoms with van der Waals surface area (Å²) in [6.45, 7) is 2.08. The highest BCUT2D eigenvalue weighted by Gasteiger charge is 2.19. The van der Waals surface area contributed by atoms with Crippen molar-refractivity contribution in [1.29, 1.82) is 0 Å². The first-order valence-corrected chi connectivity index (χ1v) is 10.7. The maximum Gasteiger partial charge on any atom is 0.164 e. The fraction of sp³-hybridized carbons (Fsp3) is 0.0400. The highest BCUT2D eigenvalue weighted by molar-refractivity contribution is 9.10. The summed E-state index contributed by atoms with van der Waals surface area (Å²) in [5, 5.41) is 6.71. The molecular weight excluding hydrogens is 458 g/mol. The van der Waals surface area contributed by atoms with Gasteiger partial charge in [-0.15, -0.1) is 0 Å². The largest absolute Gasteiger partial charge is 0.236 e. The molecule has 0 aliphatic heterocycles. The number of hydrogen-bond donors (Lipinski definition) is 0. The van der Waals surface area contributed by atoms with Gasteiger partial charge >= 0.3 is 0 Å². The van der Waals surface area contributed by atoms with E-state index in [-0.39, 0.29) is 0 Å². The molecule has 3 aromatic carbocycles. The Hall–Kier alpha value is -2.95. The molecule has 5 rings (SSSR count). The monoisotopic (exact) mass is 473 g/mol. The van der Waals surface area contributed by atoms with Crippen LogP contribution in [0.2, 0.25) is 5.02 Å². The quantitative estimate of drug-likeness (QED) is 0.271. The molecule has 146 valence electrons. The van der Waals surface area contributed by atoms with Crippen LogP contribution in [-0.2, 0) is 0 Å². The second-order valence-corrected chi connectivity index (χ2v) is 8.52. The van der Waals surface area contributed by atoms with E-state index in [0.29, 0.717) is 5.02 Å². The van der Waals surface area contributed by atoms with Gasteiger partial charge in [0.25, 0.3) is 0 Å². The summed E-state index contributed by atoms with van der Waals surface area (Å²) in [7, 11) is 0. The molecule has 0 saturated heterocycles. The number of fused-ring (bicyclic) bond motifs is 1. The van der Waals surface area contributed by atoms with E-state index in [9.17, 15) is 0 Å². The molecule has 0 aliphatic carbocycles. The van der Waals surface area contributed by atoms with Gasteiger partial charge in [0.2, 0.25) is 0 Å². The molecule has 0 unspecified atom stereocenters. The first-order valence-electron chi connectivity index (χ1n) is 9.57. The Labute approximate surface area is 188 Å². The van der Waals surface area contributed by atoms with Crippen LogP contribution in [-0.4, -0.2) is 14.8 Å². The Balaban J connectivity index is 1.83. The Morgan fingerprint density at radius 2 is 1.47 bits per heavy atom. The molecule has 5 aromatic rings. The number of halogens is 2. The number of aromatic nitrogens is 3. The molecule has 0 atom stereocenters. The summed E-state index contributed by atoms with van der Waals surface area (Å²) in [4.78, 5) is 4.71. The average Bonchev–Trinajstić information content (AvgIpc) is 3.15. The highest BCUT2D eigenvalue weighted by Crippen LogP contribution is 2.37. The van der Waals surface area contributed by atoms with Gasteiger partial charge in [-0.2, -0.15) is 5.10 Å².